The molecule has 1 aromatic heterocycles. The van der Waals surface area contributed by atoms with Crippen LogP contribution in [0.5, 0.6) is 0 Å². The number of fused-ring (bicyclic) bond motifs is 3. The van der Waals surface area contributed by atoms with Crippen LogP contribution in [0.1, 0.15) is 60.5 Å². The first-order valence-corrected chi connectivity index (χ1v) is 13.5. The fraction of sp³-hybridized carbons (Fsp3) is 0.467. The molecule has 6 heteroatoms. The minimum Gasteiger partial charge on any atom is -0.392 e. The van der Waals surface area contributed by atoms with Crippen molar-refractivity contribution in [3.05, 3.63) is 78.2 Å². The van der Waals surface area contributed by atoms with Gasteiger partial charge in [0, 0.05) is 17.2 Å². The molecular formula is C30H34N4O2. The molecule has 0 saturated heterocycles. The molecule has 3 aromatic rings. The first-order valence-electron chi connectivity index (χ1n) is 13.5. The van der Waals surface area contributed by atoms with Crippen LogP contribution < -0.4 is 10.6 Å². The maximum atomic E-state index is 12.5. The lowest BCUT2D eigenvalue weighted by atomic mass is 9.46. The van der Waals surface area contributed by atoms with Crippen LogP contribution >= 0.6 is 0 Å². The summed E-state index contributed by atoms with van der Waals surface area (Å²) in [5, 5.41) is 18.6. The van der Waals surface area contributed by atoms with Crippen LogP contribution in [-0.4, -0.2) is 39.4 Å². The van der Waals surface area contributed by atoms with E-state index >= 15 is 0 Å². The minimum absolute atomic E-state index is 0.0141. The Morgan fingerprint density at radius 1 is 1.06 bits per heavy atom. The Morgan fingerprint density at radius 2 is 1.81 bits per heavy atom. The zero-order valence-corrected chi connectivity index (χ0v) is 20.5. The Morgan fingerprint density at radius 3 is 2.61 bits per heavy atom. The van der Waals surface area contributed by atoms with Gasteiger partial charge in [0.05, 0.1) is 37.0 Å². The molecule has 4 atom stereocenters. The number of nitrogens with zero attached hydrogens (tertiary/aromatic N) is 2. The van der Waals surface area contributed by atoms with E-state index in [-0.39, 0.29) is 23.5 Å². The highest BCUT2D eigenvalue weighted by Gasteiger charge is 2.58. The van der Waals surface area contributed by atoms with Crippen LogP contribution in [0.4, 0.5) is 0 Å². The summed E-state index contributed by atoms with van der Waals surface area (Å²) >= 11 is 0. The van der Waals surface area contributed by atoms with Crippen LogP contribution in [0, 0.1) is 23.2 Å². The van der Waals surface area contributed by atoms with Gasteiger partial charge < -0.3 is 15.0 Å². The van der Waals surface area contributed by atoms with Crippen molar-refractivity contribution in [2.75, 3.05) is 6.67 Å². The number of benzene rings is 2. The molecule has 4 fully saturated rings. The fourth-order valence-electron chi connectivity index (χ4n) is 8.40. The van der Waals surface area contributed by atoms with Crippen LogP contribution in [0.3, 0.4) is 0 Å². The second-order valence-electron chi connectivity index (χ2n) is 11.7. The predicted molar refractivity (Wildman–Crippen MR) is 138 cm³/mol. The highest BCUT2D eigenvalue weighted by molar-refractivity contribution is 5.94. The summed E-state index contributed by atoms with van der Waals surface area (Å²) in [6, 6.07) is 18.6. The monoisotopic (exact) mass is 482 g/mol. The van der Waals surface area contributed by atoms with Gasteiger partial charge in [0.1, 0.15) is 0 Å². The number of aromatic nitrogens is 2. The molecule has 186 valence electrons. The van der Waals surface area contributed by atoms with Gasteiger partial charge in [0.15, 0.2) is 0 Å². The third-order valence-electron chi connectivity index (χ3n) is 9.69. The van der Waals surface area contributed by atoms with Crippen molar-refractivity contribution in [1.82, 2.24) is 20.2 Å². The van der Waals surface area contributed by atoms with Crippen molar-refractivity contribution < 1.29 is 9.90 Å². The van der Waals surface area contributed by atoms with Crippen molar-refractivity contribution >= 4 is 5.91 Å². The molecule has 6 nitrogen and oxygen atoms in total. The molecule has 0 radical (unpaired) electrons. The fourth-order valence-corrected chi connectivity index (χ4v) is 8.40. The summed E-state index contributed by atoms with van der Waals surface area (Å²) in [7, 11) is 0. The molecule has 4 aliphatic carbocycles. The molecule has 36 heavy (non-hydrogen) atoms. The lowest BCUT2D eigenvalue weighted by Gasteiger charge is -2.61. The molecule has 3 N–H and O–H groups in total. The number of hydrogen-bond acceptors (Lipinski definition) is 4. The van der Waals surface area contributed by atoms with Gasteiger partial charge in [-0.25, -0.2) is 4.98 Å². The summed E-state index contributed by atoms with van der Waals surface area (Å²) in [6.07, 6.45) is 10.1. The summed E-state index contributed by atoms with van der Waals surface area (Å²) < 4.78 is 2.26. The Bertz CT molecular complexity index is 1250. The van der Waals surface area contributed by atoms with Gasteiger partial charge in [-0.1, -0.05) is 42.5 Å². The molecule has 8 rings (SSSR count). The number of rotatable bonds is 7. The van der Waals surface area contributed by atoms with Gasteiger partial charge in [-0.05, 0) is 79.4 Å². The molecule has 5 aliphatic rings. The smallest absolute Gasteiger partial charge is 0.252 e. The maximum absolute atomic E-state index is 12.5. The number of imidazole rings is 1. The van der Waals surface area contributed by atoms with Gasteiger partial charge in [0.2, 0.25) is 0 Å². The summed E-state index contributed by atoms with van der Waals surface area (Å²) in [5.74, 6) is 1.82. The standard InChI is InChI=1S/C30H34N4O2/c35-27(12-25-23-8-4-5-9-24(23)26-16-31-18-34(25)26)30-13-19-10-21(14-30)28(22(11-19)15-30)32-17-33-29(36)20-6-2-1-3-7-20/h1-9,16,18-19,21-22,25,27-28,32,35H,10-15,17H2,(H,33,36). The zero-order chi connectivity index (χ0) is 24.3. The molecule has 1 amide bonds. The number of carbonyl (C=O) groups excluding carboxylic acids is 1. The predicted octanol–water partition coefficient (Wildman–Crippen LogP) is 4.38. The molecule has 0 spiro atoms. The highest BCUT2D eigenvalue weighted by Crippen LogP contribution is 2.62. The number of aliphatic hydroxyl groups excluding tert-OH is 1. The minimum atomic E-state index is -0.323. The zero-order valence-electron chi connectivity index (χ0n) is 20.5. The van der Waals surface area contributed by atoms with E-state index in [4.69, 9.17) is 0 Å². The summed E-state index contributed by atoms with van der Waals surface area (Å²) in [6.45, 7) is 0.494. The third kappa shape index (κ3) is 3.53. The second kappa shape index (κ2) is 8.56. The van der Waals surface area contributed by atoms with Gasteiger partial charge in [-0.2, -0.15) is 0 Å². The molecule has 4 unspecified atom stereocenters. The Hall–Kier alpha value is -2.96. The van der Waals surface area contributed by atoms with E-state index < -0.39 is 0 Å². The van der Waals surface area contributed by atoms with Gasteiger partial charge in [-0.3, -0.25) is 10.1 Å². The molecular weight excluding hydrogens is 448 g/mol. The lowest BCUT2D eigenvalue weighted by Crippen LogP contribution is -2.62. The highest BCUT2D eigenvalue weighted by atomic mass is 16.3. The Labute approximate surface area is 212 Å². The summed E-state index contributed by atoms with van der Waals surface area (Å²) in [4.78, 5) is 16.9. The van der Waals surface area contributed by atoms with Crippen molar-refractivity contribution in [3.8, 4) is 11.3 Å². The van der Waals surface area contributed by atoms with Crippen molar-refractivity contribution in [3.63, 3.8) is 0 Å². The molecule has 1 aliphatic heterocycles. The lowest BCUT2D eigenvalue weighted by molar-refractivity contribution is -0.137. The Kier molecular flexibility index (Phi) is 5.29. The molecule has 2 heterocycles. The normalized spacial score (nSPS) is 32.2. The van der Waals surface area contributed by atoms with Gasteiger partial charge in [0.25, 0.3) is 5.91 Å². The number of carbonyl (C=O) groups is 1. The van der Waals surface area contributed by atoms with E-state index in [0.717, 1.165) is 31.4 Å². The van der Waals surface area contributed by atoms with E-state index in [1.807, 2.05) is 42.9 Å². The van der Waals surface area contributed by atoms with Gasteiger partial charge in [-0.15, -0.1) is 0 Å². The van der Waals surface area contributed by atoms with Crippen LogP contribution in [0.2, 0.25) is 0 Å². The molecule has 4 saturated carbocycles. The average molecular weight is 483 g/mol. The number of nitrogens with one attached hydrogen (secondary N) is 2. The Balaban J connectivity index is 1.04. The third-order valence-corrected chi connectivity index (χ3v) is 9.69. The van der Waals surface area contributed by atoms with E-state index in [0.29, 0.717) is 36.0 Å². The van der Waals surface area contributed by atoms with E-state index in [1.165, 1.54) is 24.0 Å². The van der Waals surface area contributed by atoms with E-state index in [1.54, 1.807) is 0 Å². The van der Waals surface area contributed by atoms with E-state index in [9.17, 15) is 9.90 Å². The van der Waals surface area contributed by atoms with Crippen molar-refractivity contribution in [2.24, 2.45) is 23.2 Å². The van der Waals surface area contributed by atoms with Crippen LogP contribution in [-0.2, 0) is 0 Å². The number of aliphatic hydroxyl groups is 1. The van der Waals surface area contributed by atoms with Crippen molar-refractivity contribution in [2.45, 2.75) is 56.7 Å². The topological polar surface area (TPSA) is 79.2 Å². The maximum Gasteiger partial charge on any atom is 0.252 e. The average Bonchev–Trinajstić information content (AvgIpc) is 3.48. The van der Waals surface area contributed by atoms with E-state index in [2.05, 4.69) is 44.5 Å². The first-order chi connectivity index (χ1) is 17.6. The number of hydrogen-bond donors (Lipinski definition) is 3. The van der Waals surface area contributed by atoms with Gasteiger partial charge >= 0.3 is 0 Å². The van der Waals surface area contributed by atoms with Crippen molar-refractivity contribution in [1.29, 1.82) is 0 Å². The summed E-state index contributed by atoms with van der Waals surface area (Å²) in [5.41, 5.74) is 4.43. The quantitative estimate of drug-likeness (QED) is 0.437. The second-order valence-corrected chi connectivity index (χ2v) is 11.7. The van der Waals surface area contributed by atoms with Crippen LogP contribution in [0.25, 0.3) is 11.3 Å². The molecule has 4 bridgehead atoms. The largest absolute Gasteiger partial charge is 0.392 e. The molecule has 2 aromatic carbocycles. The first kappa shape index (κ1) is 22.3. The number of amides is 1. The SMILES string of the molecule is O=C(NCNC1C2CC3CC1CC(C(O)CC1c4ccccc4-c4cncn41)(C3)C2)c1ccccc1. The van der Waals surface area contributed by atoms with Crippen LogP contribution in [0.15, 0.2) is 67.1 Å².